The van der Waals surface area contributed by atoms with Gasteiger partial charge in [0.15, 0.2) is 0 Å². The van der Waals surface area contributed by atoms with Crippen LogP contribution in [0.1, 0.15) is 24.0 Å². The molecule has 1 saturated heterocycles. The molecule has 6 heteroatoms. The number of hydrogen-bond donors (Lipinski definition) is 2. The van der Waals surface area contributed by atoms with E-state index in [9.17, 15) is 4.79 Å². The van der Waals surface area contributed by atoms with Gasteiger partial charge in [-0.1, -0.05) is 6.07 Å². The number of nitrogens with one attached hydrogen (secondary N) is 1. The fraction of sp³-hybridized carbons (Fsp3) is 0.588. The molecule has 0 spiro atoms. The molecule has 2 unspecified atom stereocenters. The predicted octanol–water partition coefficient (Wildman–Crippen LogP) is 2.10. The molecule has 0 aromatic heterocycles. The first kappa shape index (κ1) is 19.9. The zero-order valence-electron chi connectivity index (χ0n) is 14.2. The Hall–Kier alpha value is -1.14. The van der Waals surface area contributed by atoms with Gasteiger partial charge in [0, 0.05) is 31.9 Å². The molecule has 1 aliphatic rings. The summed E-state index contributed by atoms with van der Waals surface area (Å²) >= 11 is 0. The molecule has 1 aromatic carbocycles. The molecule has 1 amide bonds. The van der Waals surface area contributed by atoms with E-state index in [1.165, 1.54) is 11.1 Å². The third-order valence-electron chi connectivity index (χ3n) is 4.53. The standard InChI is InChI=1S/C17H27N3O2.ClH/c1-12-4-5-14(8-13(12)2)19-17(21)11-20-7-6-16(22-3)9-15(20)10-18;/h4-5,8,15-16H,6-7,9-11,18H2,1-3H3,(H,19,21);1H. The normalized spacial score (nSPS) is 21.6. The lowest BCUT2D eigenvalue weighted by Crippen LogP contribution is -2.50. The van der Waals surface area contributed by atoms with Gasteiger partial charge in [-0.2, -0.15) is 0 Å². The molecule has 130 valence electrons. The smallest absolute Gasteiger partial charge is 0.238 e. The maximum absolute atomic E-state index is 12.3. The van der Waals surface area contributed by atoms with E-state index in [2.05, 4.69) is 17.1 Å². The van der Waals surface area contributed by atoms with Crippen molar-refractivity contribution in [3.05, 3.63) is 29.3 Å². The van der Waals surface area contributed by atoms with Gasteiger partial charge in [0.05, 0.1) is 12.6 Å². The van der Waals surface area contributed by atoms with Crippen LogP contribution in [0.5, 0.6) is 0 Å². The monoisotopic (exact) mass is 341 g/mol. The molecular formula is C17H28ClN3O2. The number of amides is 1. The summed E-state index contributed by atoms with van der Waals surface area (Å²) in [5.41, 5.74) is 9.10. The molecule has 0 radical (unpaired) electrons. The van der Waals surface area contributed by atoms with E-state index in [4.69, 9.17) is 10.5 Å². The average Bonchev–Trinajstić information content (AvgIpc) is 2.51. The van der Waals surface area contributed by atoms with Gasteiger partial charge in [-0.3, -0.25) is 9.69 Å². The first-order valence-corrected chi connectivity index (χ1v) is 7.87. The molecule has 1 fully saturated rings. The van der Waals surface area contributed by atoms with Crippen LogP contribution in [0.15, 0.2) is 18.2 Å². The Morgan fingerprint density at radius 3 is 2.74 bits per heavy atom. The van der Waals surface area contributed by atoms with Crippen LogP contribution in [-0.2, 0) is 9.53 Å². The van der Waals surface area contributed by atoms with E-state index in [1.54, 1.807) is 7.11 Å². The molecule has 5 nitrogen and oxygen atoms in total. The molecule has 1 aromatic rings. The summed E-state index contributed by atoms with van der Waals surface area (Å²) in [4.78, 5) is 14.4. The van der Waals surface area contributed by atoms with Crippen LogP contribution in [0.4, 0.5) is 5.69 Å². The second kappa shape index (κ2) is 9.23. The van der Waals surface area contributed by atoms with Gasteiger partial charge in [-0.25, -0.2) is 0 Å². The number of benzene rings is 1. The number of hydrogen-bond acceptors (Lipinski definition) is 4. The van der Waals surface area contributed by atoms with Gasteiger partial charge in [-0.05, 0) is 49.9 Å². The summed E-state index contributed by atoms with van der Waals surface area (Å²) in [6.07, 6.45) is 2.10. The number of nitrogens with two attached hydrogens (primary N) is 1. The minimum atomic E-state index is 0. The van der Waals surface area contributed by atoms with Crippen molar-refractivity contribution in [1.82, 2.24) is 4.90 Å². The number of nitrogens with zero attached hydrogens (tertiary/aromatic N) is 1. The summed E-state index contributed by atoms with van der Waals surface area (Å²) in [7, 11) is 1.74. The largest absolute Gasteiger partial charge is 0.381 e. The van der Waals surface area contributed by atoms with Gasteiger partial charge in [0.2, 0.25) is 5.91 Å². The minimum Gasteiger partial charge on any atom is -0.381 e. The average molecular weight is 342 g/mol. The molecule has 0 saturated carbocycles. The van der Waals surface area contributed by atoms with Crippen molar-refractivity contribution in [1.29, 1.82) is 0 Å². The number of rotatable bonds is 5. The van der Waals surface area contributed by atoms with Crippen LogP contribution >= 0.6 is 12.4 Å². The number of anilines is 1. The van der Waals surface area contributed by atoms with E-state index in [0.717, 1.165) is 25.1 Å². The van der Waals surface area contributed by atoms with Gasteiger partial charge in [0.25, 0.3) is 0 Å². The second-order valence-corrected chi connectivity index (χ2v) is 6.09. The van der Waals surface area contributed by atoms with Crippen molar-refractivity contribution in [3.63, 3.8) is 0 Å². The highest BCUT2D eigenvalue weighted by Crippen LogP contribution is 2.19. The SMILES string of the molecule is COC1CCN(CC(=O)Nc2ccc(C)c(C)c2)C(CN)C1.Cl. The summed E-state index contributed by atoms with van der Waals surface area (Å²) in [6, 6.07) is 6.18. The zero-order chi connectivity index (χ0) is 16.1. The van der Waals surface area contributed by atoms with E-state index in [0.29, 0.717) is 13.1 Å². The number of ether oxygens (including phenoxy) is 1. The third-order valence-corrected chi connectivity index (χ3v) is 4.53. The molecule has 1 heterocycles. The first-order valence-electron chi connectivity index (χ1n) is 7.87. The number of methoxy groups -OCH3 is 1. The number of aryl methyl sites for hydroxylation is 2. The number of piperidine rings is 1. The third kappa shape index (κ3) is 5.46. The highest BCUT2D eigenvalue weighted by molar-refractivity contribution is 5.92. The van der Waals surface area contributed by atoms with E-state index < -0.39 is 0 Å². The molecule has 2 atom stereocenters. The number of likely N-dealkylation sites (tertiary alicyclic amines) is 1. The van der Waals surface area contributed by atoms with Gasteiger partial charge >= 0.3 is 0 Å². The summed E-state index contributed by atoms with van der Waals surface area (Å²) in [5.74, 6) is 0.0116. The minimum absolute atomic E-state index is 0. The van der Waals surface area contributed by atoms with Crippen LogP contribution in [0.25, 0.3) is 0 Å². The molecule has 23 heavy (non-hydrogen) atoms. The quantitative estimate of drug-likeness (QED) is 0.860. The van der Waals surface area contributed by atoms with Crippen LogP contribution in [0.3, 0.4) is 0 Å². The molecule has 0 aliphatic carbocycles. The van der Waals surface area contributed by atoms with Gasteiger partial charge in [0.1, 0.15) is 0 Å². The molecule has 1 aliphatic heterocycles. The summed E-state index contributed by atoms with van der Waals surface area (Å²) in [6.45, 7) is 5.89. The summed E-state index contributed by atoms with van der Waals surface area (Å²) in [5, 5.41) is 2.97. The lowest BCUT2D eigenvalue weighted by atomic mass is 9.99. The topological polar surface area (TPSA) is 67.6 Å². The van der Waals surface area contributed by atoms with Gasteiger partial charge in [-0.15, -0.1) is 12.4 Å². The lowest BCUT2D eigenvalue weighted by Gasteiger charge is -2.37. The van der Waals surface area contributed by atoms with Crippen molar-refractivity contribution >= 4 is 24.0 Å². The van der Waals surface area contributed by atoms with E-state index >= 15 is 0 Å². The Labute approximate surface area is 145 Å². The van der Waals surface area contributed by atoms with Gasteiger partial charge < -0.3 is 15.8 Å². The molecule has 0 bridgehead atoms. The van der Waals surface area contributed by atoms with Crippen molar-refractivity contribution in [3.8, 4) is 0 Å². The first-order chi connectivity index (χ1) is 10.5. The molecule has 3 N–H and O–H groups in total. The highest BCUT2D eigenvalue weighted by Gasteiger charge is 2.28. The Kier molecular flexibility index (Phi) is 7.99. The Morgan fingerprint density at radius 1 is 1.39 bits per heavy atom. The van der Waals surface area contributed by atoms with E-state index in [1.807, 2.05) is 25.1 Å². The maximum atomic E-state index is 12.3. The fourth-order valence-electron chi connectivity index (χ4n) is 2.93. The predicted molar refractivity (Wildman–Crippen MR) is 96.2 cm³/mol. The van der Waals surface area contributed by atoms with Crippen molar-refractivity contribution in [2.24, 2.45) is 5.73 Å². The molecule has 2 rings (SSSR count). The number of carbonyl (C=O) groups excluding carboxylic acids is 1. The second-order valence-electron chi connectivity index (χ2n) is 6.09. The molecular weight excluding hydrogens is 314 g/mol. The summed E-state index contributed by atoms with van der Waals surface area (Å²) < 4.78 is 5.41. The van der Waals surface area contributed by atoms with Crippen LogP contribution in [0, 0.1) is 13.8 Å². The lowest BCUT2D eigenvalue weighted by molar-refractivity contribution is -0.118. The van der Waals surface area contributed by atoms with Crippen LogP contribution in [0.2, 0.25) is 0 Å². The van der Waals surface area contributed by atoms with Crippen molar-refractivity contribution in [2.75, 3.05) is 32.1 Å². The van der Waals surface area contributed by atoms with Crippen molar-refractivity contribution in [2.45, 2.75) is 38.8 Å². The highest BCUT2D eigenvalue weighted by atomic mass is 35.5. The fourth-order valence-corrected chi connectivity index (χ4v) is 2.93. The Bertz CT molecular complexity index is 525. The van der Waals surface area contributed by atoms with Crippen LogP contribution in [-0.4, -0.2) is 49.7 Å². The van der Waals surface area contributed by atoms with E-state index in [-0.39, 0.29) is 30.5 Å². The maximum Gasteiger partial charge on any atom is 0.238 e. The zero-order valence-corrected chi connectivity index (χ0v) is 15.0. The number of carbonyl (C=O) groups is 1. The van der Waals surface area contributed by atoms with Crippen LogP contribution < -0.4 is 11.1 Å². The number of halogens is 1. The van der Waals surface area contributed by atoms with Crippen molar-refractivity contribution < 1.29 is 9.53 Å². The Morgan fingerprint density at radius 2 is 2.13 bits per heavy atom. The Balaban J connectivity index is 0.00000264.